The summed E-state index contributed by atoms with van der Waals surface area (Å²) >= 11 is 6.06. The molecule has 1 saturated carbocycles. The predicted molar refractivity (Wildman–Crippen MR) is 47.2 cm³/mol. The highest BCUT2D eigenvalue weighted by atomic mass is 35.5. The minimum atomic E-state index is -0.745. The molecule has 0 amide bonds. The number of alkyl halides is 1. The number of rotatable bonds is 1. The summed E-state index contributed by atoms with van der Waals surface area (Å²) in [5.41, 5.74) is -0.745. The number of epoxide rings is 1. The molecular formula is C9H15ClO2. The number of hydrogen-bond donors (Lipinski definition) is 1. The molecular weight excluding hydrogens is 176 g/mol. The highest BCUT2D eigenvalue weighted by Gasteiger charge is 2.59. The average Bonchev–Trinajstić information content (AvgIpc) is 2.78. The van der Waals surface area contributed by atoms with Crippen LogP contribution < -0.4 is 0 Å². The van der Waals surface area contributed by atoms with Gasteiger partial charge in [0.25, 0.3) is 0 Å². The summed E-state index contributed by atoms with van der Waals surface area (Å²) in [5.74, 6) is 0. The van der Waals surface area contributed by atoms with Crippen LogP contribution in [0.4, 0.5) is 0 Å². The molecule has 2 nitrogen and oxygen atoms in total. The Morgan fingerprint density at radius 3 is 2.00 bits per heavy atom. The van der Waals surface area contributed by atoms with E-state index in [2.05, 4.69) is 0 Å². The molecule has 1 aliphatic carbocycles. The van der Waals surface area contributed by atoms with Crippen molar-refractivity contribution in [2.45, 2.75) is 49.2 Å². The minimum Gasteiger partial charge on any atom is -0.385 e. The van der Waals surface area contributed by atoms with Crippen LogP contribution in [-0.4, -0.2) is 22.4 Å². The molecule has 3 heteroatoms. The van der Waals surface area contributed by atoms with E-state index in [0.29, 0.717) is 6.61 Å². The van der Waals surface area contributed by atoms with Crippen LogP contribution in [-0.2, 0) is 4.74 Å². The Bertz CT molecular complexity index is 169. The summed E-state index contributed by atoms with van der Waals surface area (Å²) in [5, 5.41) is 9.47. The Morgan fingerprint density at radius 2 is 1.58 bits per heavy atom. The molecule has 0 aromatic rings. The average molecular weight is 191 g/mol. The van der Waals surface area contributed by atoms with Crippen molar-refractivity contribution < 1.29 is 9.84 Å². The van der Waals surface area contributed by atoms with Crippen LogP contribution in [0.5, 0.6) is 0 Å². The van der Waals surface area contributed by atoms with Gasteiger partial charge in [-0.15, -0.1) is 0 Å². The Hall–Kier alpha value is 0.210. The number of hydrogen-bond acceptors (Lipinski definition) is 2. The van der Waals surface area contributed by atoms with Crippen LogP contribution in [0.2, 0.25) is 0 Å². The van der Waals surface area contributed by atoms with Crippen molar-refractivity contribution in [3.05, 3.63) is 0 Å². The SMILES string of the molecule is OC1(C2(Cl)CO2)CCCCCC1. The van der Waals surface area contributed by atoms with Gasteiger partial charge in [-0.25, -0.2) is 0 Å². The predicted octanol–water partition coefficient (Wildman–Crippen LogP) is 2.04. The number of halogens is 1. The third-order valence-electron chi connectivity index (χ3n) is 3.02. The van der Waals surface area contributed by atoms with Gasteiger partial charge in [0.2, 0.25) is 0 Å². The summed E-state index contributed by atoms with van der Waals surface area (Å²) < 4.78 is 5.11. The Balaban J connectivity index is 2.06. The van der Waals surface area contributed by atoms with Crippen LogP contribution >= 0.6 is 11.6 Å². The van der Waals surface area contributed by atoms with Gasteiger partial charge in [-0.05, 0) is 12.8 Å². The zero-order chi connectivity index (χ0) is 8.66. The van der Waals surface area contributed by atoms with E-state index in [-0.39, 0.29) is 0 Å². The highest BCUT2D eigenvalue weighted by molar-refractivity contribution is 6.25. The lowest BCUT2D eigenvalue weighted by Crippen LogP contribution is -2.41. The van der Waals surface area contributed by atoms with Crippen molar-refractivity contribution in [3.63, 3.8) is 0 Å². The van der Waals surface area contributed by atoms with E-state index in [4.69, 9.17) is 16.3 Å². The van der Waals surface area contributed by atoms with Crippen LogP contribution in [0.3, 0.4) is 0 Å². The fourth-order valence-corrected chi connectivity index (χ4v) is 2.26. The third-order valence-corrected chi connectivity index (χ3v) is 3.59. The Kier molecular flexibility index (Phi) is 2.10. The van der Waals surface area contributed by atoms with E-state index in [9.17, 15) is 5.11 Å². The van der Waals surface area contributed by atoms with Gasteiger partial charge < -0.3 is 9.84 Å². The van der Waals surface area contributed by atoms with Crippen molar-refractivity contribution in [2.75, 3.05) is 6.61 Å². The Labute approximate surface area is 77.9 Å². The lowest BCUT2D eigenvalue weighted by atomic mass is 9.91. The first-order valence-corrected chi connectivity index (χ1v) is 5.09. The highest BCUT2D eigenvalue weighted by Crippen LogP contribution is 2.48. The lowest BCUT2D eigenvalue weighted by molar-refractivity contribution is -0.0178. The lowest BCUT2D eigenvalue weighted by Gasteiger charge is -2.28. The fourth-order valence-electron chi connectivity index (χ4n) is 2.02. The number of ether oxygens (including phenoxy) is 1. The molecule has 1 aliphatic heterocycles. The molecule has 2 rings (SSSR count). The van der Waals surface area contributed by atoms with E-state index >= 15 is 0 Å². The molecule has 70 valence electrons. The van der Waals surface area contributed by atoms with Gasteiger partial charge in [0, 0.05) is 0 Å². The topological polar surface area (TPSA) is 32.8 Å². The van der Waals surface area contributed by atoms with Gasteiger partial charge in [-0.3, -0.25) is 0 Å². The second-order valence-corrected chi connectivity index (χ2v) is 4.57. The molecule has 1 heterocycles. The zero-order valence-corrected chi connectivity index (χ0v) is 7.94. The van der Waals surface area contributed by atoms with Crippen molar-refractivity contribution in [2.24, 2.45) is 0 Å². The second kappa shape index (κ2) is 2.86. The molecule has 1 saturated heterocycles. The summed E-state index contributed by atoms with van der Waals surface area (Å²) in [7, 11) is 0. The maximum absolute atomic E-state index is 10.2. The third kappa shape index (κ3) is 1.36. The molecule has 2 fully saturated rings. The molecule has 0 bridgehead atoms. The molecule has 0 radical (unpaired) electrons. The molecule has 0 aromatic carbocycles. The summed E-state index contributed by atoms with van der Waals surface area (Å²) in [6.45, 7) is 0.519. The molecule has 1 N–H and O–H groups in total. The standard InChI is InChI=1S/C9H15ClO2/c10-9(7-12-9)8(11)5-3-1-2-4-6-8/h11H,1-7H2. The molecule has 2 aliphatic rings. The van der Waals surface area contributed by atoms with Crippen molar-refractivity contribution in [1.82, 2.24) is 0 Å². The van der Waals surface area contributed by atoms with E-state index < -0.39 is 10.7 Å². The normalized spacial score (nSPS) is 40.5. The van der Waals surface area contributed by atoms with E-state index in [1.165, 1.54) is 12.8 Å². The van der Waals surface area contributed by atoms with Gasteiger partial charge >= 0.3 is 0 Å². The Morgan fingerprint density at radius 1 is 1.08 bits per heavy atom. The molecule has 0 aromatic heterocycles. The van der Waals surface area contributed by atoms with Gasteiger partial charge in [0.05, 0.1) is 6.61 Å². The van der Waals surface area contributed by atoms with Crippen molar-refractivity contribution in [1.29, 1.82) is 0 Å². The summed E-state index contributed by atoms with van der Waals surface area (Å²) in [6, 6.07) is 0. The smallest absolute Gasteiger partial charge is 0.193 e. The van der Waals surface area contributed by atoms with Crippen LogP contribution in [0.1, 0.15) is 38.5 Å². The zero-order valence-electron chi connectivity index (χ0n) is 7.18. The monoisotopic (exact) mass is 190 g/mol. The first kappa shape index (κ1) is 8.79. The second-order valence-electron chi connectivity index (χ2n) is 3.96. The molecule has 0 spiro atoms. The maximum atomic E-state index is 10.2. The van der Waals surface area contributed by atoms with E-state index in [1.807, 2.05) is 0 Å². The first-order chi connectivity index (χ1) is 5.66. The first-order valence-electron chi connectivity index (χ1n) is 4.72. The van der Waals surface area contributed by atoms with Crippen LogP contribution in [0.25, 0.3) is 0 Å². The van der Waals surface area contributed by atoms with Gasteiger partial charge in [0.15, 0.2) is 5.06 Å². The van der Waals surface area contributed by atoms with Gasteiger partial charge in [0.1, 0.15) is 5.60 Å². The van der Waals surface area contributed by atoms with E-state index in [1.54, 1.807) is 0 Å². The minimum absolute atomic E-state index is 0.519. The fraction of sp³-hybridized carbons (Fsp3) is 1.00. The van der Waals surface area contributed by atoms with Crippen LogP contribution in [0.15, 0.2) is 0 Å². The molecule has 12 heavy (non-hydrogen) atoms. The summed E-state index contributed by atoms with van der Waals surface area (Å²) in [6.07, 6.45) is 6.19. The van der Waals surface area contributed by atoms with Crippen LogP contribution in [0, 0.1) is 0 Å². The largest absolute Gasteiger partial charge is 0.385 e. The molecule has 1 unspecified atom stereocenters. The van der Waals surface area contributed by atoms with Gasteiger partial charge in [-0.2, -0.15) is 0 Å². The van der Waals surface area contributed by atoms with Crippen molar-refractivity contribution in [3.8, 4) is 0 Å². The van der Waals surface area contributed by atoms with E-state index in [0.717, 1.165) is 25.7 Å². The van der Waals surface area contributed by atoms with Gasteiger partial charge in [-0.1, -0.05) is 37.3 Å². The van der Waals surface area contributed by atoms with Crippen molar-refractivity contribution >= 4 is 11.6 Å². The summed E-state index contributed by atoms with van der Waals surface area (Å²) in [4.78, 5) is 0. The quantitative estimate of drug-likeness (QED) is 0.390. The maximum Gasteiger partial charge on any atom is 0.193 e. The molecule has 1 atom stereocenters. The number of aliphatic hydroxyl groups is 1.